The van der Waals surface area contributed by atoms with E-state index in [1.165, 1.54) is 11.1 Å². The van der Waals surface area contributed by atoms with Crippen molar-refractivity contribution in [3.8, 4) is 11.8 Å². The van der Waals surface area contributed by atoms with Crippen molar-refractivity contribution < 1.29 is 23.0 Å². The lowest BCUT2D eigenvalue weighted by atomic mass is 9.52. The van der Waals surface area contributed by atoms with E-state index in [4.69, 9.17) is 4.74 Å². The SMILES string of the molecule is CCC[C@@]1(O)CC[C@@]2(Cc3ccccc3)c3ccc(Oc4nccc(C(F)(F)F)n4)cc3CC[C@@H]2C1. The Morgan fingerprint density at radius 2 is 1.89 bits per heavy atom. The molecule has 3 atom stereocenters. The standard InChI is InChI=1S/C29H31F3N2O2/c1-2-13-27(35)14-15-28(18-20-6-4-3-5-7-20)22(19-27)9-8-21-17-23(10-11-24(21)28)36-26-33-16-12-25(34-26)29(30,31)32/h3-7,10-12,16-17,22,35H,2,8-9,13-15,18-19H2,1H3/t22-,27-,28+/m1/s1. The van der Waals surface area contributed by atoms with Crippen LogP contribution in [0.3, 0.4) is 0 Å². The summed E-state index contributed by atoms with van der Waals surface area (Å²) in [4.78, 5) is 7.40. The van der Waals surface area contributed by atoms with Crippen molar-refractivity contribution in [3.63, 3.8) is 0 Å². The van der Waals surface area contributed by atoms with Gasteiger partial charge < -0.3 is 9.84 Å². The molecule has 1 fully saturated rings. The highest BCUT2D eigenvalue weighted by atomic mass is 19.4. The topological polar surface area (TPSA) is 55.2 Å². The van der Waals surface area contributed by atoms with Crippen molar-refractivity contribution in [2.24, 2.45) is 5.92 Å². The number of benzene rings is 2. The molecule has 36 heavy (non-hydrogen) atoms. The maximum Gasteiger partial charge on any atom is 0.433 e. The molecule has 1 N–H and O–H groups in total. The summed E-state index contributed by atoms with van der Waals surface area (Å²) < 4.78 is 44.8. The number of rotatable bonds is 6. The molecule has 0 spiro atoms. The summed E-state index contributed by atoms with van der Waals surface area (Å²) in [6.45, 7) is 2.12. The van der Waals surface area contributed by atoms with E-state index in [0.29, 0.717) is 11.7 Å². The summed E-state index contributed by atoms with van der Waals surface area (Å²) in [5.74, 6) is 0.786. The number of nitrogens with zero attached hydrogens (tertiary/aromatic N) is 2. The normalized spacial score (nSPS) is 25.6. The van der Waals surface area contributed by atoms with Crippen LogP contribution in [0.1, 0.15) is 67.8 Å². The molecule has 0 radical (unpaired) electrons. The molecule has 1 heterocycles. The van der Waals surface area contributed by atoms with Crippen molar-refractivity contribution in [2.75, 3.05) is 0 Å². The number of fused-ring (bicyclic) bond motifs is 3. The summed E-state index contributed by atoms with van der Waals surface area (Å²) in [5.41, 5.74) is 1.94. The number of aromatic nitrogens is 2. The van der Waals surface area contributed by atoms with Gasteiger partial charge in [0.25, 0.3) is 0 Å². The van der Waals surface area contributed by atoms with Gasteiger partial charge >= 0.3 is 12.2 Å². The van der Waals surface area contributed by atoms with Gasteiger partial charge in [-0.1, -0.05) is 49.7 Å². The molecule has 0 aliphatic heterocycles. The molecular weight excluding hydrogens is 465 g/mol. The third kappa shape index (κ3) is 4.85. The van der Waals surface area contributed by atoms with Crippen molar-refractivity contribution >= 4 is 0 Å². The van der Waals surface area contributed by atoms with E-state index in [1.807, 2.05) is 18.2 Å². The van der Waals surface area contributed by atoms with Crippen LogP contribution in [0.5, 0.6) is 11.8 Å². The second-order valence-electron chi connectivity index (χ2n) is 10.4. The van der Waals surface area contributed by atoms with Gasteiger partial charge in [-0.15, -0.1) is 0 Å². The molecule has 2 aliphatic carbocycles. The van der Waals surface area contributed by atoms with Gasteiger partial charge in [0.2, 0.25) is 0 Å². The summed E-state index contributed by atoms with van der Waals surface area (Å²) in [5, 5.41) is 11.3. The first-order valence-corrected chi connectivity index (χ1v) is 12.7. The van der Waals surface area contributed by atoms with Crippen LogP contribution in [0.25, 0.3) is 0 Å². The Hall–Kier alpha value is -2.93. The minimum absolute atomic E-state index is 0.0971. The second kappa shape index (κ2) is 9.51. The number of alkyl halides is 3. The highest BCUT2D eigenvalue weighted by Gasteiger charge is 2.51. The van der Waals surface area contributed by atoms with E-state index >= 15 is 0 Å². The number of aliphatic hydroxyl groups is 1. The van der Waals surface area contributed by atoms with E-state index < -0.39 is 17.5 Å². The van der Waals surface area contributed by atoms with E-state index in [-0.39, 0.29) is 11.4 Å². The molecule has 5 rings (SSSR count). The Bertz CT molecular complexity index is 1220. The molecule has 190 valence electrons. The summed E-state index contributed by atoms with van der Waals surface area (Å²) in [6.07, 6.45) is 3.42. The fourth-order valence-electron chi connectivity index (χ4n) is 6.44. The zero-order valence-electron chi connectivity index (χ0n) is 20.4. The second-order valence-corrected chi connectivity index (χ2v) is 10.4. The van der Waals surface area contributed by atoms with Crippen molar-refractivity contribution in [3.05, 3.63) is 83.2 Å². The first-order chi connectivity index (χ1) is 17.2. The quantitative estimate of drug-likeness (QED) is 0.397. The molecule has 0 saturated heterocycles. The number of ether oxygens (including phenoxy) is 1. The first-order valence-electron chi connectivity index (χ1n) is 12.7. The van der Waals surface area contributed by atoms with Crippen LogP contribution in [-0.2, 0) is 24.4 Å². The molecular formula is C29H31F3N2O2. The smallest absolute Gasteiger partial charge is 0.424 e. The van der Waals surface area contributed by atoms with Gasteiger partial charge in [-0.05, 0) is 85.8 Å². The van der Waals surface area contributed by atoms with E-state index in [9.17, 15) is 18.3 Å². The minimum atomic E-state index is -4.56. The third-order valence-electron chi connectivity index (χ3n) is 8.03. The third-order valence-corrected chi connectivity index (χ3v) is 8.03. The summed E-state index contributed by atoms with van der Waals surface area (Å²) in [6, 6.07) is 16.8. The average molecular weight is 497 g/mol. The van der Waals surface area contributed by atoms with Gasteiger partial charge in [0, 0.05) is 11.6 Å². The fraction of sp³-hybridized carbons (Fsp3) is 0.448. The number of aryl methyl sites for hydroxylation is 1. The van der Waals surface area contributed by atoms with Crippen LogP contribution in [-0.4, -0.2) is 20.7 Å². The predicted octanol–water partition coefficient (Wildman–Crippen LogP) is 7.05. The van der Waals surface area contributed by atoms with Crippen molar-refractivity contribution in [2.45, 2.75) is 75.5 Å². The van der Waals surface area contributed by atoms with Crippen LogP contribution in [0.4, 0.5) is 13.2 Å². The number of hydrogen-bond donors (Lipinski definition) is 1. The zero-order chi connectivity index (χ0) is 25.4. The van der Waals surface area contributed by atoms with Crippen molar-refractivity contribution in [1.82, 2.24) is 9.97 Å². The highest BCUT2D eigenvalue weighted by Crippen LogP contribution is 2.55. The van der Waals surface area contributed by atoms with E-state index in [2.05, 4.69) is 47.2 Å². The first kappa shape index (κ1) is 24.8. The monoisotopic (exact) mass is 496 g/mol. The molecule has 0 amide bonds. The Labute approximate surface area is 209 Å². The predicted molar refractivity (Wildman–Crippen MR) is 131 cm³/mol. The Morgan fingerprint density at radius 1 is 1.08 bits per heavy atom. The Kier molecular flexibility index (Phi) is 6.54. The lowest BCUT2D eigenvalue weighted by Gasteiger charge is -2.53. The highest BCUT2D eigenvalue weighted by molar-refractivity contribution is 5.45. The van der Waals surface area contributed by atoms with Gasteiger partial charge in [-0.3, -0.25) is 0 Å². The van der Waals surface area contributed by atoms with Gasteiger partial charge in [-0.2, -0.15) is 18.2 Å². The van der Waals surface area contributed by atoms with Gasteiger partial charge in [-0.25, -0.2) is 4.98 Å². The summed E-state index contributed by atoms with van der Waals surface area (Å²) in [7, 11) is 0. The maximum atomic E-state index is 13.1. The Morgan fingerprint density at radius 3 is 2.64 bits per heavy atom. The molecule has 3 aromatic rings. The van der Waals surface area contributed by atoms with E-state index in [1.54, 1.807) is 0 Å². The molecule has 1 saturated carbocycles. The lowest BCUT2D eigenvalue weighted by Crippen LogP contribution is -2.51. The molecule has 4 nitrogen and oxygen atoms in total. The Balaban J connectivity index is 1.48. The lowest BCUT2D eigenvalue weighted by molar-refractivity contribution is -0.141. The maximum absolute atomic E-state index is 13.1. The van der Waals surface area contributed by atoms with Crippen LogP contribution in [0.2, 0.25) is 0 Å². The number of halogens is 3. The van der Waals surface area contributed by atoms with Crippen LogP contribution >= 0.6 is 0 Å². The molecule has 1 aromatic heterocycles. The molecule has 2 aromatic carbocycles. The van der Waals surface area contributed by atoms with Crippen LogP contribution in [0, 0.1) is 5.92 Å². The minimum Gasteiger partial charge on any atom is -0.424 e. The molecule has 0 bridgehead atoms. The zero-order valence-corrected chi connectivity index (χ0v) is 20.4. The van der Waals surface area contributed by atoms with Crippen LogP contribution < -0.4 is 4.74 Å². The molecule has 7 heteroatoms. The molecule has 0 unspecified atom stereocenters. The molecule has 2 aliphatic rings. The average Bonchev–Trinajstić information content (AvgIpc) is 2.85. The van der Waals surface area contributed by atoms with Crippen LogP contribution in [0.15, 0.2) is 60.8 Å². The van der Waals surface area contributed by atoms with Gasteiger partial charge in [0.1, 0.15) is 5.75 Å². The summed E-state index contributed by atoms with van der Waals surface area (Å²) >= 11 is 0. The fourth-order valence-corrected chi connectivity index (χ4v) is 6.44. The van der Waals surface area contributed by atoms with Gasteiger partial charge in [0.05, 0.1) is 5.60 Å². The number of hydrogen-bond acceptors (Lipinski definition) is 4. The van der Waals surface area contributed by atoms with E-state index in [0.717, 1.165) is 69.2 Å². The van der Waals surface area contributed by atoms with Gasteiger partial charge in [0.15, 0.2) is 5.69 Å². The van der Waals surface area contributed by atoms with Crippen molar-refractivity contribution in [1.29, 1.82) is 0 Å². The largest absolute Gasteiger partial charge is 0.433 e.